The van der Waals surface area contributed by atoms with Crippen molar-refractivity contribution in [2.24, 2.45) is 0 Å². The number of hydrogen-bond acceptors (Lipinski definition) is 2. The van der Waals surface area contributed by atoms with E-state index in [1.807, 2.05) is 0 Å². The van der Waals surface area contributed by atoms with Crippen LogP contribution in [0.5, 0.6) is 0 Å². The van der Waals surface area contributed by atoms with Gasteiger partial charge in [-0.2, -0.15) is 0 Å². The van der Waals surface area contributed by atoms with Crippen LogP contribution >= 0.6 is 0 Å². The Hall–Kier alpha value is 0.137. The minimum absolute atomic E-state index is 0.433. The second kappa shape index (κ2) is 4.56. The number of fused-ring (bicyclic) bond motifs is 1. The maximum atomic E-state index is 6.35. The number of unbranched alkanes of at least 4 members (excludes halogenated alkanes) is 1. The highest BCUT2D eigenvalue weighted by Crippen LogP contribution is 2.39. The van der Waals surface area contributed by atoms with Gasteiger partial charge in [0, 0.05) is 0 Å². The fraction of sp³-hybridized carbons (Fsp3) is 1.00. The summed E-state index contributed by atoms with van der Waals surface area (Å²) in [4.78, 5) is 0. The van der Waals surface area contributed by atoms with Gasteiger partial charge in [0.15, 0.2) is 8.32 Å². The van der Waals surface area contributed by atoms with Gasteiger partial charge in [-0.1, -0.05) is 19.8 Å². The van der Waals surface area contributed by atoms with E-state index in [0.717, 1.165) is 0 Å². The molecule has 0 bridgehead atoms. The lowest BCUT2D eigenvalue weighted by Gasteiger charge is -2.30. The average molecular weight is 228 g/mol. The van der Waals surface area contributed by atoms with Crippen LogP contribution in [0.4, 0.5) is 0 Å². The summed E-state index contributed by atoms with van der Waals surface area (Å²) in [6.45, 7) is 6.97. The summed E-state index contributed by atoms with van der Waals surface area (Å²) in [5.74, 6) is 0. The maximum absolute atomic E-state index is 6.35. The van der Waals surface area contributed by atoms with Crippen LogP contribution in [0.3, 0.4) is 0 Å². The highest BCUT2D eigenvalue weighted by molar-refractivity contribution is 6.71. The van der Waals surface area contributed by atoms with E-state index in [2.05, 4.69) is 20.0 Å². The Morgan fingerprint density at radius 1 is 1.33 bits per heavy atom. The first-order valence-corrected chi connectivity index (χ1v) is 9.57. The first kappa shape index (κ1) is 11.6. The van der Waals surface area contributed by atoms with E-state index in [9.17, 15) is 0 Å². The summed E-state index contributed by atoms with van der Waals surface area (Å²) in [6, 6.07) is 1.30. The van der Waals surface area contributed by atoms with E-state index in [-0.39, 0.29) is 0 Å². The Balaban J connectivity index is 1.79. The lowest BCUT2D eigenvalue weighted by molar-refractivity contribution is 0.139. The van der Waals surface area contributed by atoms with Gasteiger partial charge in [0.1, 0.15) is 6.10 Å². The quantitative estimate of drug-likeness (QED) is 0.532. The molecule has 0 aromatic carbocycles. The summed E-state index contributed by atoms with van der Waals surface area (Å²) in [5.41, 5.74) is 0. The van der Waals surface area contributed by atoms with Gasteiger partial charge in [-0.25, -0.2) is 0 Å². The third kappa shape index (κ3) is 3.05. The number of hydrogen-bond donors (Lipinski definition) is 0. The molecule has 3 unspecified atom stereocenters. The molecule has 15 heavy (non-hydrogen) atoms. The zero-order valence-corrected chi connectivity index (χ0v) is 11.3. The van der Waals surface area contributed by atoms with E-state index in [0.29, 0.717) is 18.3 Å². The van der Waals surface area contributed by atoms with Crippen molar-refractivity contribution in [3.8, 4) is 0 Å². The van der Waals surface area contributed by atoms with E-state index in [1.165, 1.54) is 38.1 Å². The number of ether oxygens (including phenoxy) is 1. The summed E-state index contributed by atoms with van der Waals surface area (Å²) in [6.07, 6.45) is 7.84. The molecule has 3 atom stereocenters. The highest BCUT2D eigenvalue weighted by Gasteiger charge is 2.49. The van der Waals surface area contributed by atoms with Gasteiger partial charge >= 0.3 is 0 Å². The largest absolute Gasteiger partial charge is 0.412 e. The van der Waals surface area contributed by atoms with Crippen LogP contribution in [-0.4, -0.2) is 26.6 Å². The molecule has 2 nitrogen and oxygen atoms in total. The lowest BCUT2D eigenvalue weighted by atomic mass is 9.98. The lowest BCUT2D eigenvalue weighted by Crippen LogP contribution is -2.39. The molecule has 2 rings (SSSR count). The minimum atomic E-state index is -1.41. The van der Waals surface area contributed by atoms with Crippen LogP contribution < -0.4 is 0 Å². The first-order chi connectivity index (χ1) is 7.12. The molecule has 1 aliphatic heterocycles. The van der Waals surface area contributed by atoms with Crippen molar-refractivity contribution in [1.29, 1.82) is 0 Å². The zero-order valence-electron chi connectivity index (χ0n) is 10.3. The van der Waals surface area contributed by atoms with Gasteiger partial charge in [0.25, 0.3) is 0 Å². The summed E-state index contributed by atoms with van der Waals surface area (Å²) < 4.78 is 12.0. The minimum Gasteiger partial charge on any atom is -0.412 e. The van der Waals surface area contributed by atoms with Crippen LogP contribution in [0, 0.1) is 0 Å². The predicted molar refractivity (Wildman–Crippen MR) is 64.6 cm³/mol. The van der Waals surface area contributed by atoms with Crippen LogP contribution in [0.2, 0.25) is 19.1 Å². The molecule has 0 aromatic heterocycles. The molecule has 88 valence electrons. The number of rotatable bonds is 5. The van der Waals surface area contributed by atoms with Crippen LogP contribution in [0.15, 0.2) is 0 Å². The summed E-state index contributed by atoms with van der Waals surface area (Å²) >= 11 is 0. The third-order valence-electron chi connectivity index (χ3n) is 3.57. The molecule has 3 heteroatoms. The van der Waals surface area contributed by atoms with Crippen LogP contribution in [0.1, 0.15) is 39.0 Å². The van der Waals surface area contributed by atoms with Gasteiger partial charge in [-0.05, 0) is 38.4 Å². The van der Waals surface area contributed by atoms with Crippen LogP contribution in [0.25, 0.3) is 0 Å². The normalized spacial score (nSPS) is 35.0. The molecule has 2 aliphatic rings. The van der Waals surface area contributed by atoms with Crippen molar-refractivity contribution in [3.05, 3.63) is 0 Å². The molecular formula is C12H24O2Si. The molecule has 0 radical (unpaired) electrons. The smallest absolute Gasteiger partial charge is 0.187 e. The summed E-state index contributed by atoms with van der Waals surface area (Å²) in [7, 11) is -1.41. The van der Waals surface area contributed by atoms with Gasteiger partial charge in [0.05, 0.1) is 12.2 Å². The zero-order chi connectivity index (χ0) is 10.9. The second-order valence-corrected chi connectivity index (χ2v) is 9.84. The molecule has 0 spiro atoms. The molecular weight excluding hydrogens is 204 g/mol. The van der Waals surface area contributed by atoms with E-state index in [4.69, 9.17) is 9.16 Å². The van der Waals surface area contributed by atoms with Crippen molar-refractivity contribution in [2.45, 2.75) is 76.5 Å². The van der Waals surface area contributed by atoms with Crippen molar-refractivity contribution >= 4 is 8.32 Å². The first-order valence-electron chi connectivity index (χ1n) is 6.46. The predicted octanol–water partition coefficient (Wildman–Crippen LogP) is 3.33. The Morgan fingerprint density at radius 2 is 2.13 bits per heavy atom. The molecule has 0 amide bonds. The molecule has 1 aliphatic carbocycles. The highest BCUT2D eigenvalue weighted by atomic mass is 28.4. The average Bonchev–Trinajstić information content (AvgIpc) is 2.94. The standard InChI is InChI=1S/C12H24O2Si/c1-4-5-9-15(2,3)14-11-8-6-7-10-12(11)13-10/h10-12H,4-9H2,1-3H3. The van der Waals surface area contributed by atoms with Crippen molar-refractivity contribution in [3.63, 3.8) is 0 Å². The SMILES string of the molecule is CCCC[Si](C)(C)OC1CCCC2OC21. The Labute approximate surface area is 94.5 Å². The Morgan fingerprint density at radius 3 is 2.87 bits per heavy atom. The molecule has 1 heterocycles. The van der Waals surface area contributed by atoms with Crippen molar-refractivity contribution in [1.82, 2.24) is 0 Å². The fourth-order valence-corrected chi connectivity index (χ4v) is 4.99. The van der Waals surface area contributed by atoms with Crippen molar-refractivity contribution < 1.29 is 9.16 Å². The van der Waals surface area contributed by atoms with E-state index >= 15 is 0 Å². The number of epoxide rings is 1. The van der Waals surface area contributed by atoms with Gasteiger partial charge in [0.2, 0.25) is 0 Å². The summed E-state index contributed by atoms with van der Waals surface area (Å²) in [5, 5.41) is 0. The van der Waals surface area contributed by atoms with Gasteiger partial charge in [-0.15, -0.1) is 0 Å². The Kier molecular flexibility index (Phi) is 3.53. The van der Waals surface area contributed by atoms with Crippen molar-refractivity contribution in [2.75, 3.05) is 0 Å². The van der Waals surface area contributed by atoms with Crippen LogP contribution in [-0.2, 0) is 9.16 Å². The third-order valence-corrected chi connectivity index (χ3v) is 6.07. The van der Waals surface area contributed by atoms with Gasteiger partial charge < -0.3 is 9.16 Å². The molecule has 0 aromatic rings. The van der Waals surface area contributed by atoms with E-state index in [1.54, 1.807) is 0 Å². The van der Waals surface area contributed by atoms with E-state index < -0.39 is 8.32 Å². The molecule has 0 N–H and O–H groups in total. The van der Waals surface area contributed by atoms with Gasteiger partial charge in [-0.3, -0.25) is 0 Å². The fourth-order valence-electron chi connectivity index (χ4n) is 2.60. The topological polar surface area (TPSA) is 21.8 Å². The monoisotopic (exact) mass is 228 g/mol. The maximum Gasteiger partial charge on any atom is 0.187 e. The molecule has 2 fully saturated rings. The molecule has 1 saturated heterocycles. The Bertz CT molecular complexity index is 218. The second-order valence-electron chi connectivity index (χ2n) is 5.59. The molecule has 1 saturated carbocycles.